The van der Waals surface area contributed by atoms with Gasteiger partial charge < -0.3 is 20.0 Å². The number of hydrogen-bond donors (Lipinski definition) is 2. The predicted octanol–water partition coefficient (Wildman–Crippen LogP) is 1.74. The van der Waals surface area contributed by atoms with Gasteiger partial charge in [0, 0.05) is 13.1 Å². The van der Waals surface area contributed by atoms with E-state index in [4.69, 9.17) is 4.42 Å². The van der Waals surface area contributed by atoms with Crippen LogP contribution in [0.2, 0.25) is 0 Å². The van der Waals surface area contributed by atoms with Crippen LogP contribution in [0.1, 0.15) is 38.2 Å². The fourth-order valence-electron chi connectivity index (χ4n) is 2.50. The Hall–Kier alpha value is -1.82. The summed E-state index contributed by atoms with van der Waals surface area (Å²) in [6, 6.07) is 2.62. The summed E-state index contributed by atoms with van der Waals surface area (Å²) in [6.45, 7) is 9.40. The normalized spacial score (nSPS) is 13.2. The molecule has 2 amide bonds. The number of amides is 2. The Morgan fingerprint density at radius 1 is 1.30 bits per heavy atom. The summed E-state index contributed by atoms with van der Waals surface area (Å²) in [5.74, 6) is -0.370. The Labute approximate surface area is 138 Å². The zero-order chi connectivity index (χ0) is 17.6. The summed E-state index contributed by atoms with van der Waals surface area (Å²) >= 11 is 0. The molecule has 0 spiro atoms. The minimum atomic E-state index is -0.595. The van der Waals surface area contributed by atoms with Gasteiger partial charge in [0.2, 0.25) is 5.91 Å². The van der Waals surface area contributed by atoms with Crippen molar-refractivity contribution in [2.75, 3.05) is 27.2 Å². The van der Waals surface area contributed by atoms with E-state index in [-0.39, 0.29) is 28.9 Å². The molecule has 1 heterocycles. The van der Waals surface area contributed by atoms with E-state index in [0.717, 1.165) is 6.54 Å². The van der Waals surface area contributed by atoms with Crippen LogP contribution in [0.3, 0.4) is 0 Å². The van der Waals surface area contributed by atoms with E-state index >= 15 is 0 Å². The summed E-state index contributed by atoms with van der Waals surface area (Å²) in [5, 5.41) is 5.69. The van der Waals surface area contributed by atoms with E-state index in [1.54, 1.807) is 12.1 Å². The largest absolute Gasteiger partial charge is 0.459 e. The van der Waals surface area contributed by atoms with Crippen molar-refractivity contribution in [1.29, 1.82) is 0 Å². The first-order valence-electron chi connectivity index (χ1n) is 7.89. The first-order chi connectivity index (χ1) is 10.6. The average Bonchev–Trinajstić information content (AvgIpc) is 2.94. The molecule has 1 rings (SSSR count). The molecule has 1 aromatic rings. The lowest BCUT2D eigenvalue weighted by Gasteiger charge is -2.30. The van der Waals surface area contributed by atoms with Crippen LogP contribution in [0.5, 0.6) is 0 Å². The zero-order valence-corrected chi connectivity index (χ0v) is 15.0. The number of hydrogen-bond acceptors (Lipinski definition) is 4. The standard InChI is InChI=1S/C17H29N3O3/c1-12(2)14(19-15(21)13-8-7-9-23-13)16(22)18-10-17(3,4)11-20(5)6/h7-9,12,14H,10-11H2,1-6H3,(H,18,22)(H,19,21)/t14-/m0/s1. The number of carbonyl (C=O) groups excluding carboxylic acids is 2. The molecule has 0 aliphatic heterocycles. The highest BCUT2D eigenvalue weighted by atomic mass is 16.3. The van der Waals surface area contributed by atoms with Crippen LogP contribution in [0.4, 0.5) is 0 Å². The van der Waals surface area contributed by atoms with E-state index in [1.807, 2.05) is 27.9 Å². The molecule has 23 heavy (non-hydrogen) atoms. The van der Waals surface area contributed by atoms with E-state index in [1.165, 1.54) is 6.26 Å². The smallest absolute Gasteiger partial charge is 0.287 e. The quantitative estimate of drug-likeness (QED) is 0.764. The molecular weight excluding hydrogens is 294 g/mol. The predicted molar refractivity (Wildman–Crippen MR) is 90.1 cm³/mol. The highest BCUT2D eigenvalue weighted by molar-refractivity contribution is 5.95. The minimum absolute atomic E-state index is 0.0223. The van der Waals surface area contributed by atoms with Crippen LogP contribution < -0.4 is 10.6 Å². The molecule has 0 aromatic carbocycles. The third-order valence-electron chi connectivity index (χ3n) is 3.47. The van der Waals surface area contributed by atoms with Crippen molar-refractivity contribution in [2.24, 2.45) is 11.3 Å². The summed E-state index contributed by atoms with van der Waals surface area (Å²) < 4.78 is 5.06. The van der Waals surface area contributed by atoms with Gasteiger partial charge in [-0.2, -0.15) is 0 Å². The number of nitrogens with one attached hydrogen (secondary N) is 2. The number of furan rings is 1. The maximum atomic E-state index is 12.5. The molecule has 0 unspecified atom stereocenters. The highest BCUT2D eigenvalue weighted by Gasteiger charge is 2.27. The third-order valence-corrected chi connectivity index (χ3v) is 3.47. The fourth-order valence-corrected chi connectivity index (χ4v) is 2.50. The van der Waals surface area contributed by atoms with Gasteiger partial charge in [-0.25, -0.2) is 0 Å². The van der Waals surface area contributed by atoms with Crippen LogP contribution in [-0.4, -0.2) is 49.9 Å². The summed E-state index contributed by atoms with van der Waals surface area (Å²) in [6.07, 6.45) is 1.43. The summed E-state index contributed by atoms with van der Waals surface area (Å²) in [5.41, 5.74) is -0.0499. The van der Waals surface area contributed by atoms with Crippen molar-refractivity contribution >= 4 is 11.8 Å². The first-order valence-corrected chi connectivity index (χ1v) is 7.89. The lowest BCUT2D eigenvalue weighted by molar-refractivity contribution is -0.124. The Morgan fingerprint density at radius 2 is 1.96 bits per heavy atom. The molecule has 0 bridgehead atoms. The Morgan fingerprint density at radius 3 is 2.43 bits per heavy atom. The van der Waals surface area contributed by atoms with Crippen molar-refractivity contribution in [3.63, 3.8) is 0 Å². The van der Waals surface area contributed by atoms with Crippen molar-refractivity contribution in [3.8, 4) is 0 Å². The Bertz CT molecular complexity index is 507. The zero-order valence-electron chi connectivity index (χ0n) is 15.0. The molecule has 0 fully saturated rings. The van der Waals surface area contributed by atoms with Gasteiger partial charge >= 0.3 is 0 Å². The molecule has 1 aromatic heterocycles. The Balaban J connectivity index is 2.63. The SMILES string of the molecule is CC(C)[C@H](NC(=O)c1ccco1)C(=O)NCC(C)(C)CN(C)C. The molecule has 1 atom stereocenters. The first kappa shape index (κ1) is 19.2. The number of carbonyl (C=O) groups is 2. The second-order valence-electron chi connectivity index (χ2n) is 7.29. The number of rotatable bonds is 8. The van der Waals surface area contributed by atoms with Gasteiger partial charge in [0.25, 0.3) is 5.91 Å². The maximum Gasteiger partial charge on any atom is 0.287 e. The molecule has 0 saturated heterocycles. The van der Waals surface area contributed by atoms with Crippen LogP contribution in [0.15, 0.2) is 22.8 Å². The van der Waals surface area contributed by atoms with Crippen molar-refractivity contribution in [2.45, 2.75) is 33.7 Å². The molecule has 0 aliphatic rings. The molecule has 0 saturated carbocycles. The van der Waals surface area contributed by atoms with E-state index < -0.39 is 6.04 Å². The molecule has 2 N–H and O–H groups in total. The van der Waals surface area contributed by atoms with Crippen molar-refractivity contribution in [3.05, 3.63) is 24.2 Å². The van der Waals surface area contributed by atoms with Crippen LogP contribution >= 0.6 is 0 Å². The second-order valence-corrected chi connectivity index (χ2v) is 7.29. The van der Waals surface area contributed by atoms with Crippen LogP contribution in [0, 0.1) is 11.3 Å². The summed E-state index contributed by atoms with van der Waals surface area (Å²) in [7, 11) is 4.01. The van der Waals surface area contributed by atoms with Gasteiger partial charge in [0.15, 0.2) is 5.76 Å². The van der Waals surface area contributed by atoms with Gasteiger partial charge in [-0.1, -0.05) is 27.7 Å². The molecule has 0 aliphatic carbocycles. The van der Waals surface area contributed by atoms with Gasteiger partial charge in [-0.3, -0.25) is 9.59 Å². The van der Waals surface area contributed by atoms with Gasteiger partial charge in [-0.05, 0) is 37.6 Å². The minimum Gasteiger partial charge on any atom is -0.459 e. The van der Waals surface area contributed by atoms with E-state index in [2.05, 4.69) is 29.4 Å². The number of nitrogens with zero attached hydrogens (tertiary/aromatic N) is 1. The van der Waals surface area contributed by atoms with Crippen molar-refractivity contribution < 1.29 is 14.0 Å². The molecule has 0 radical (unpaired) electrons. The fraction of sp³-hybridized carbons (Fsp3) is 0.647. The molecule has 130 valence electrons. The maximum absolute atomic E-state index is 12.5. The topological polar surface area (TPSA) is 74.6 Å². The lowest BCUT2D eigenvalue weighted by atomic mass is 9.92. The van der Waals surface area contributed by atoms with Crippen molar-refractivity contribution in [1.82, 2.24) is 15.5 Å². The van der Waals surface area contributed by atoms with Crippen LogP contribution in [0.25, 0.3) is 0 Å². The van der Waals surface area contributed by atoms with Gasteiger partial charge in [-0.15, -0.1) is 0 Å². The summed E-state index contributed by atoms with van der Waals surface area (Å²) in [4.78, 5) is 26.6. The highest BCUT2D eigenvalue weighted by Crippen LogP contribution is 2.14. The van der Waals surface area contributed by atoms with E-state index in [9.17, 15) is 9.59 Å². The van der Waals surface area contributed by atoms with Gasteiger partial charge in [0.1, 0.15) is 6.04 Å². The molecular formula is C17H29N3O3. The third kappa shape index (κ3) is 6.44. The second kappa shape index (κ2) is 8.15. The van der Waals surface area contributed by atoms with E-state index in [0.29, 0.717) is 6.54 Å². The molecule has 6 nitrogen and oxygen atoms in total. The monoisotopic (exact) mass is 323 g/mol. The molecule has 6 heteroatoms. The van der Waals surface area contributed by atoms with Gasteiger partial charge in [0.05, 0.1) is 6.26 Å². The van der Waals surface area contributed by atoms with Crippen LogP contribution in [-0.2, 0) is 4.79 Å². The average molecular weight is 323 g/mol. The Kier molecular flexibility index (Phi) is 6.81. The lowest BCUT2D eigenvalue weighted by Crippen LogP contribution is -2.52.